The third-order valence-corrected chi connectivity index (χ3v) is 6.27. The van der Waals surface area contributed by atoms with Crippen molar-refractivity contribution in [3.63, 3.8) is 0 Å². The number of hydrogen-bond donors (Lipinski definition) is 2. The summed E-state index contributed by atoms with van der Waals surface area (Å²) in [6, 6.07) is 12.6. The molecular formula is C21H16FN3O2S2. The lowest BCUT2D eigenvalue weighted by atomic mass is 10.1. The van der Waals surface area contributed by atoms with Gasteiger partial charge in [0.2, 0.25) is 5.91 Å². The minimum Gasteiger partial charge on any atom is -0.508 e. The summed E-state index contributed by atoms with van der Waals surface area (Å²) in [4.78, 5) is 22.1. The number of thiophene rings is 1. The molecule has 0 aliphatic carbocycles. The molecule has 146 valence electrons. The lowest BCUT2D eigenvalue weighted by Crippen LogP contribution is -2.22. The van der Waals surface area contributed by atoms with Gasteiger partial charge in [-0.15, -0.1) is 11.3 Å². The minimum atomic E-state index is -0.414. The van der Waals surface area contributed by atoms with Gasteiger partial charge in [-0.2, -0.15) is 0 Å². The van der Waals surface area contributed by atoms with Crippen LogP contribution >= 0.6 is 23.1 Å². The van der Waals surface area contributed by atoms with Crippen molar-refractivity contribution in [2.75, 3.05) is 5.32 Å². The van der Waals surface area contributed by atoms with Crippen molar-refractivity contribution in [2.45, 2.75) is 17.2 Å². The van der Waals surface area contributed by atoms with Gasteiger partial charge < -0.3 is 10.4 Å². The van der Waals surface area contributed by atoms with Crippen LogP contribution in [-0.2, 0) is 4.79 Å². The number of phenolic OH excluding ortho intramolecular Hbond substituents is 1. The smallest absolute Gasteiger partial charge is 0.237 e. The van der Waals surface area contributed by atoms with Gasteiger partial charge in [0.05, 0.1) is 10.6 Å². The van der Waals surface area contributed by atoms with E-state index in [2.05, 4.69) is 15.3 Å². The molecule has 8 heteroatoms. The van der Waals surface area contributed by atoms with Gasteiger partial charge in [0.15, 0.2) is 0 Å². The molecule has 1 atom stereocenters. The number of thioether (sulfide) groups is 1. The Hall–Kier alpha value is -2.97. The lowest BCUT2D eigenvalue weighted by Gasteiger charge is -2.12. The normalized spacial score (nSPS) is 12.1. The Morgan fingerprint density at radius 1 is 1.14 bits per heavy atom. The van der Waals surface area contributed by atoms with Gasteiger partial charge in [-0.1, -0.05) is 23.9 Å². The Bertz CT molecular complexity index is 1160. The number of nitrogens with zero attached hydrogens (tertiary/aromatic N) is 2. The molecule has 0 aliphatic heterocycles. The second kappa shape index (κ2) is 8.18. The molecule has 0 bridgehead atoms. The molecule has 4 aromatic rings. The summed E-state index contributed by atoms with van der Waals surface area (Å²) in [5, 5.41) is 15.3. The van der Waals surface area contributed by atoms with Crippen molar-refractivity contribution in [3.05, 3.63) is 66.1 Å². The number of halogens is 1. The number of amides is 1. The molecule has 5 nitrogen and oxygen atoms in total. The first-order valence-electron chi connectivity index (χ1n) is 8.76. The van der Waals surface area contributed by atoms with Crippen LogP contribution < -0.4 is 5.32 Å². The quantitative estimate of drug-likeness (QED) is 0.257. The highest BCUT2D eigenvalue weighted by atomic mass is 32.2. The zero-order chi connectivity index (χ0) is 20.4. The SMILES string of the molecule is CC(Sc1ncnc2scc(-c3ccc(F)cc3)c12)C(=O)Nc1ccc(O)cc1. The highest BCUT2D eigenvalue weighted by Gasteiger charge is 2.20. The molecule has 0 aliphatic rings. The molecule has 0 saturated heterocycles. The van der Waals surface area contributed by atoms with Crippen molar-refractivity contribution in [1.29, 1.82) is 0 Å². The molecule has 1 unspecified atom stereocenters. The average Bonchev–Trinajstić information content (AvgIpc) is 3.15. The van der Waals surface area contributed by atoms with Gasteiger partial charge in [-0.3, -0.25) is 4.79 Å². The van der Waals surface area contributed by atoms with Crippen LogP contribution in [0.3, 0.4) is 0 Å². The summed E-state index contributed by atoms with van der Waals surface area (Å²) < 4.78 is 13.3. The average molecular weight is 426 g/mol. The highest BCUT2D eigenvalue weighted by molar-refractivity contribution is 8.00. The van der Waals surface area contributed by atoms with Gasteiger partial charge in [-0.25, -0.2) is 14.4 Å². The molecule has 0 radical (unpaired) electrons. The van der Waals surface area contributed by atoms with Crippen molar-refractivity contribution >= 4 is 44.9 Å². The molecule has 2 aromatic heterocycles. The van der Waals surface area contributed by atoms with Gasteiger partial charge >= 0.3 is 0 Å². The van der Waals surface area contributed by atoms with Gasteiger partial charge in [0.1, 0.15) is 27.8 Å². The van der Waals surface area contributed by atoms with E-state index in [1.165, 1.54) is 53.7 Å². The monoisotopic (exact) mass is 425 g/mol. The van der Waals surface area contributed by atoms with Crippen molar-refractivity contribution in [3.8, 4) is 16.9 Å². The first kappa shape index (κ1) is 19.4. The van der Waals surface area contributed by atoms with Crippen LogP contribution in [0.15, 0.2) is 65.3 Å². The maximum atomic E-state index is 13.3. The van der Waals surface area contributed by atoms with Crippen LogP contribution in [0.2, 0.25) is 0 Å². The van der Waals surface area contributed by atoms with E-state index >= 15 is 0 Å². The Kier molecular flexibility index (Phi) is 5.46. The number of carbonyl (C=O) groups excluding carboxylic acids is 1. The Balaban J connectivity index is 1.60. The summed E-state index contributed by atoms with van der Waals surface area (Å²) in [5.41, 5.74) is 2.39. The largest absolute Gasteiger partial charge is 0.508 e. The molecule has 0 saturated carbocycles. The first-order chi connectivity index (χ1) is 14.0. The Labute approximate surface area is 174 Å². The molecule has 29 heavy (non-hydrogen) atoms. The van der Waals surface area contributed by atoms with Crippen LogP contribution in [0, 0.1) is 5.82 Å². The number of nitrogens with one attached hydrogen (secondary N) is 1. The van der Waals surface area contributed by atoms with E-state index in [-0.39, 0.29) is 17.5 Å². The van der Waals surface area contributed by atoms with Gasteiger partial charge in [0.25, 0.3) is 0 Å². The van der Waals surface area contributed by atoms with E-state index in [1.807, 2.05) is 5.38 Å². The van der Waals surface area contributed by atoms with E-state index in [9.17, 15) is 14.3 Å². The van der Waals surface area contributed by atoms with E-state index in [0.717, 1.165) is 21.3 Å². The zero-order valence-corrected chi connectivity index (χ0v) is 16.9. The van der Waals surface area contributed by atoms with Crippen molar-refractivity contribution in [1.82, 2.24) is 9.97 Å². The number of carbonyl (C=O) groups is 1. The molecule has 2 aromatic carbocycles. The summed E-state index contributed by atoms with van der Waals surface area (Å²) in [5.74, 6) is -0.329. The van der Waals surface area contributed by atoms with E-state index in [0.29, 0.717) is 10.7 Å². The second-order valence-electron chi connectivity index (χ2n) is 6.31. The Morgan fingerprint density at radius 2 is 1.86 bits per heavy atom. The third-order valence-electron chi connectivity index (χ3n) is 4.28. The number of rotatable bonds is 5. The van der Waals surface area contributed by atoms with Gasteiger partial charge in [-0.05, 0) is 48.9 Å². The molecule has 1 amide bonds. The minimum absolute atomic E-state index is 0.139. The predicted molar refractivity (Wildman–Crippen MR) is 115 cm³/mol. The Morgan fingerprint density at radius 3 is 2.59 bits per heavy atom. The number of aromatic hydroxyl groups is 1. The number of aromatic nitrogens is 2. The standard InChI is InChI=1S/C21H16FN3O2S2/c1-12(19(27)25-15-6-8-16(26)9-7-15)29-21-18-17(10-28-20(18)23-11-24-21)13-2-4-14(22)5-3-13/h2-12,26H,1H3,(H,25,27). The van der Waals surface area contributed by atoms with Crippen LogP contribution in [0.25, 0.3) is 21.3 Å². The fraction of sp³-hybridized carbons (Fsp3) is 0.0952. The first-order valence-corrected chi connectivity index (χ1v) is 10.5. The predicted octanol–water partition coefficient (Wildman–Crippen LogP) is 5.32. The number of benzene rings is 2. The van der Waals surface area contributed by atoms with Crippen molar-refractivity contribution in [2.24, 2.45) is 0 Å². The number of hydrogen-bond acceptors (Lipinski definition) is 6. The van der Waals surface area contributed by atoms with Crippen molar-refractivity contribution < 1.29 is 14.3 Å². The third kappa shape index (κ3) is 4.23. The molecule has 2 heterocycles. The highest BCUT2D eigenvalue weighted by Crippen LogP contribution is 2.39. The number of anilines is 1. The molecule has 0 fully saturated rings. The van der Waals surface area contributed by atoms with Crippen LogP contribution in [0.1, 0.15) is 6.92 Å². The van der Waals surface area contributed by atoms with E-state index < -0.39 is 5.25 Å². The zero-order valence-electron chi connectivity index (χ0n) is 15.3. The number of fused-ring (bicyclic) bond motifs is 1. The molecular weight excluding hydrogens is 409 g/mol. The van der Waals surface area contributed by atoms with Crippen LogP contribution in [0.5, 0.6) is 5.75 Å². The fourth-order valence-electron chi connectivity index (χ4n) is 2.79. The second-order valence-corrected chi connectivity index (χ2v) is 8.50. The number of phenols is 1. The maximum absolute atomic E-state index is 13.3. The summed E-state index contributed by atoms with van der Waals surface area (Å²) in [6.45, 7) is 1.80. The van der Waals surface area contributed by atoms with Crippen LogP contribution in [-0.4, -0.2) is 26.2 Å². The molecule has 2 N–H and O–H groups in total. The lowest BCUT2D eigenvalue weighted by molar-refractivity contribution is -0.115. The summed E-state index contributed by atoms with van der Waals surface area (Å²) >= 11 is 2.82. The topological polar surface area (TPSA) is 75.1 Å². The molecule has 4 rings (SSSR count). The van der Waals surface area contributed by atoms with E-state index in [4.69, 9.17) is 0 Å². The molecule has 0 spiro atoms. The fourth-order valence-corrected chi connectivity index (χ4v) is 4.70. The van der Waals surface area contributed by atoms with Gasteiger partial charge in [0, 0.05) is 16.6 Å². The van der Waals surface area contributed by atoms with E-state index in [1.54, 1.807) is 31.2 Å². The van der Waals surface area contributed by atoms with Crippen LogP contribution in [0.4, 0.5) is 10.1 Å². The summed E-state index contributed by atoms with van der Waals surface area (Å²) in [7, 11) is 0. The summed E-state index contributed by atoms with van der Waals surface area (Å²) in [6.07, 6.45) is 1.49. The maximum Gasteiger partial charge on any atom is 0.237 e.